The Morgan fingerprint density at radius 1 is 1.25 bits per heavy atom. The van der Waals surface area contributed by atoms with E-state index in [4.69, 9.17) is 9.47 Å². The first kappa shape index (κ1) is 15.9. The minimum Gasteiger partial charge on any atom is -0.390 e. The maximum absolute atomic E-state index is 12.1. The molecule has 0 aromatic rings. The first-order chi connectivity index (χ1) is 9.24. The predicted molar refractivity (Wildman–Crippen MR) is 76.3 cm³/mol. The van der Waals surface area contributed by atoms with Gasteiger partial charge in [0.15, 0.2) is 11.6 Å². The lowest BCUT2D eigenvalue weighted by Crippen LogP contribution is -2.58. The van der Waals surface area contributed by atoms with Crippen molar-refractivity contribution in [3.05, 3.63) is 0 Å². The molecule has 1 saturated carbocycles. The molecule has 0 aromatic carbocycles. The van der Waals surface area contributed by atoms with Gasteiger partial charge in [-0.2, -0.15) is 0 Å². The van der Waals surface area contributed by atoms with E-state index in [9.17, 15) is 9.90 Å². The summed E-state index contributed by atoms with van der Waals surface area (Å²) in [6, 6.07) is 0. The molecule has 1 aliphatic heterocycles. The molecule has 2 fully saturated rings. The Morgan fingerprint density at radius 2 is 1.85 bits per heavy atom. The fourth-order valence-electron chi connectivity index (χ4n) is 3.01. The van der Waals surface area contributed by atoms with Crippen LogP contribution in [-0.4, -0.2) is 35.5 Å². The molecule has 0 bridgehead atoms. The summed E-state index contributed by atoms with van der Waals surface area (Å²) in [6.07, 6.45) is 4.03. The van der Waals surface area contributed by atoms with Crippen LogP contribution in [0.5, 0.6) is 0 Å². The van der Waals surface area contributed by atoms with Gasteiger partial charge in [0.05, 0.1) is 6.10 Å². The van der Waals surface area contributed by atoms with E-state index in [2.05, 4.69) is 0 Å². The van der Waals surface area contributed by atoms with E-state index in [1.165, 1.54) is 6.42 Å². The molecule has 0 radical (unpaired) electrons. The second kappa shape index (κ2) is 5.74. The van der Waals surface area contributed by atoms with Gasteiger partial charge < -0.3 is 14.6 Å². The fourth-order valence-corrected chi connectivity index (χ4v) is 3.01. The van der Waals surface area contributed by atoms with E-state index in [0.29, 0.717) is 0 Å². The summed E-state index contributed by atoms with van der Waals surface area (Å²) in [5, 5.41) is 10.6. The standard InChI is InChI=1S/C16H28O4/c1-15(2,3)16(4)19-10-12(17)14(20-16)13(18)11-8-6-5-7-9-11/h11,13-14,18H,5-10H2,1-4H3/t13-,14+,16+/m0/s1. The minimum atomic E-state index is -0.832. The van der Waals surface area contributed by atoms with E-state index >= 15 is 0 Å². The molecule has 4 nitrogen and oxygen atoms in total. The number of hydrogen-bond donors (Lipinski definition) is 1. The molecule has 0 aromatic heterocycles. The smallest absolute Gasteiger partial charge is 0.190 e. The molecule has 1 N–H and O–H groups in total. The Hall–Kier alpha value is -0.450. The van der Waals surface area contributed by atoms with Gasteiger partial charge in [0.1, 0.15) is 12.7 Å². The molecule has 2 rings (SSSR count). The lowest BCUT2D eigenvalue weighted by Gasteiger charge is -2.47. The molecule has 3 atom stereocenters. The highest BCUT2D eigenvalue weighted by atomic mass is 16.7. The van der Waals surface area contributed by atoms with Crippen LogP contribution in [0.25, 0.3) is 0 Å². The first-order valence-corrected chi connectivity index (χ1v) is 7.77. The monoisotopic (exact) mass is 284 g/mol. The van der Waals surface area contributed by atoms with Crippen molar-refractivity contribution in [2.75, 3.05) is 6.61 Å². The van der Waals surface area contributed by atoms with Gasteiger partial charge in [0, 0.05) is 5.41 Å². The maximum atomic E-state index is 12.1. The highest BCUT2D eigenvalue weighted by Gasteiger charge is 2.49. The molecule has 0 spiro atoms. The van der Waals surface area contributed by atoms with E-state index in [1.807, 2.05) is 27.7 Å². The van der Waals surface area contributed by atoms with Crippen LogP contribution in [0.4, 0.5) is 0 Å². The Bertz CT molecular complexity index is 354. The van der Waals surface area contributed by atoms with Crippen LogP contribution < -0.4 is 0 Å². The summed E-state index contributed by atoms with van der Waals surface area (Å²) in [7, 11) is 0. The normalized spacial score (nSPS) is 35.0. The Balaban J connectivity index is 2.10. The highest BCUT2D eigenvalue weighted by molar-refractivity contribution is 5.85. The van der Waals surface area contributed by atoms with Crippen LogP contribution in [0.2, 0.25) is 0 Å². The average Bonchev–Trinajstić information content (AvgIpc) is 2.41. The topological polar surface area (TPSA) is 55.8 Å². The second-order valence-corrected chi connectivity index (χ2v) is 7.38. The molecule has 116 valence electrons. The van der Waals surface area contributed by atoms with Crippen molar-refractivity contribution < 1.29 is 19.4 Å². The molecule has 0 unspecified atom stereocenters. The van der Waals surface area contributed by atoms with Gasteiger partial charge in [0.25, 0.3) is 0 Å². The number of hydrogen-bond acceptors (Lipinski definition) is 4. The summed E-state index contributed by atoms with van der Waals surface area (Å²) in [4.78, 5) is 12.1. The van der Waals surface area contributed by atoms with E-state index in [1.54, 1.807) is 0 Å². The molecule has 20 heavy (non-hydrogen) atoms. The molecule has 0 amide bonds. The minimum absolute atomic E-state index is 0.0300. The number of ketones is 1. The first-order valence-electron chi connectivity index (χ1n) is 7.77. The molecule has 1 aliphatic carbocycles. The molecule has 1 heterocycles. The van der Waals surface area contributed by atoms with Crippen LogP contribution in [-0.2, 0) is 14.3 Å². The number of aliphatic hydroxyl groups excluding tert-OH is 1. The average molecular weight is 284 g/mol. The van der Waals surface area contributed by atoms with Crippen LogP contribution >= 0.6 is 0 Å². The van der Waals surface area contributed by atoms with Crippen molar-refractivity contribution >= 4 is 5.78 Å². The lowest BCUT2D eigenvalue weighted by atomic mass is 9.81. The van der Waals surface area contributed by atoms with Crippen molar-refractivity contribution in [1.29, 1.82) is 0 Å². The van der Waals surface area contributed by atoms with Crippen LogP contribution in [0.3, 0.4) is 0 Å². The third-order valence-electron chi connectivity index (χ3n) is 4.96. The number of aliphatic hydroxyl groups is 1. The summed E-state index contributed by atoms with van der Waals surface area (Å²) >= 11 is 0. The van der Waals surface area contributed by atoms with Crippen LogP contribution in [0, 0.1) is 11.3 Å². The van der Waals surface area contributed by atoms with Crippen LogP contribution in [0.1, 0.15) is 59.8 Å². The molecule has 2 aliphatic rings. The summed E-state index contributed by atoms with van der Waals surface area (Å²) in [5.41, 5.74) is -0.252. The zero-order chi connectivity index (χ0) is 15.0. The Labute approximate surface area is 121 Å². The predicted octanol–water partition coefficient (Wildman–Crippen LogP) is 2.67. The van der Waals surface area contributed by atoms with Crippen molar-refractivity contribution in [3.63, 3.8) is 0 Å². The SMILES string of the molecule is CC(C)(C)[C@]1(C)OCC(=O)[C@H]([C@@H](O)C2CCCCC2)O1. The summed E-state index contributed by atoms with van der Waals surface area (Å²) in [6.45, 7) is 7.95. The number of carbonyl (C=O) groups excluding carboxylic acids is 1. The van der Waals surface area contributed by atoms with Gasteiger partial charge in [-0.3, -0.25) is 4.79 Å². The third-order valence-corrected chi connectivity index (χ3v) is 4.96. The Morgan fingerprint density at radius 3 is 2.40 bits per heavy atom. The fraction of sp³-hybridized carbons (Fsp3) is 0.938. The van der Waals surface area contributed by atoms with E-state index in [-0.39, 0.29) is 23.7 Å². The zero-order valence-corrected chi connectivity index (χ0v) is 13.1. The highest BCUT2D eigenvalue weighted by Crippen LogP contribution is 2.40. The van der Waals surface area contributed by atoms with Crippen molar-refractivity contribution in [1.82, 2.24) is 0 Å². The van der Waals surface area contributed by atoms with Crippen molar-refractivity contribution in [3.8, 4) is 0 Å². The molecular weight excluding hydrogens is 256 g/mol. The molecular formula is C16H28O4. The summed E-state index contributed by atoms with van der Waals surface area (Å²) < 4.78 is 11.6. The van der Waals surface area contributed by atoms with Gasteiger partial charge in [-0.1, -0.05) is 40.0 Å². The number of rotatable bonds is 2. The van der Waals surface area contributed by atoms with Crippen molar-refractivity contribution in [2.24, 2.45) is 11.3 Å². The van der Waals surface area contributed by atoms with E-state index in [0.717, 1.165) is 25.7 Å². The molecule has 4 heteroatoms. The van der Waals surface area contributed by atoms with Gasteiger partial charge in [-0.25, -0.2) is 0 Å². The lowest BCUT2D eigenvalue weighted by molar-refractivity contribution is -0.321. The number of Topliss-reactive ketones (excluding diaryl/α,β-unsaturated/α-hetero) is 1. The zero-order valence-electron chi connectivity index (χ0n) is 13.1. The molecule has 1 saturated heterocycles. The van der Waals surface area contributed by atoms with Gasteiger partial charge in [-0.15, -0.1) is 0 Å². The summed E-state index contributed by atoms with van der Waals surface area (Å²) in [5.74, 6) is -0.786. The van der Waals surface area contributed by atoms with Gasteiger partial charge >= 0.3 is 0 Å². The second-order valence-electron chi connectivity index (χ2n) is 7.38. The number of ether oxygens (including phenoxy) is 2. The van der Waals surface area contributed by atoms with Gasteiger partial charge in [-0.05, 0) is 25.7 Å². The largest absolute Gasteiger partial charge is 0.390 e. The Kier molecular flexibility index (Phi) is 4.57. The number of carbonyl (C=O) groups is 1. The quantitative estimate of drug-likeness (QED) is 0.847. The third kappa shape index (κ3) is 3.07. The van der Waals surface area contributed by atoms with Crippen LogP contribution in [0.15, 0.2) is 0 Å². The van der Waals surface area contributed by atoms with Gasteiger partial charge in [0.2, 0.25) is 0 Å². The van der Waals surface area contributed by atoms with Crippen molar-refractivity contribution in [2.45, 2.75) is 77.8 Å². The van der Waals surface area contributed by atoms with E-state index < -0.39 is 18.0 Å². The maximum Gasteiger partial charge on any atom is 0.190 e.